The summed E-state index contributed by atoms with van der Waals surface area (Å²) in [6.45, 7) is -0.192. The number of methoxy groups -OCH3 is 2. The third kappa shape index (κ3) is 4.52. The summed E-state index contributed by atoms with van der Waals surface area (Å²) in [7, 11) is 3.07. The van der Waals surface area contributed by atoms with E-state index in [1.807, 2.05) is 18.2 Å². The maximum atomic E-state index is 13.6. The molecule has 2 heterocycles. The van der Waals surface area contributed by atoms with Gasteiger partial charge in [-0.15, -0.1) is 0 Å². The van der Waals surface area contributed by atoms with Gasteiger partial charge < -0.3 is 18.6 Å². The summed E-state index contributed by atoms with van der Waals surface area (Å²) in [6, 6.07) is 19.6. The molecule has 10 heteroatoms. The van der Waals surface area contributed by atoms with E-state index in [4.69, 9.17) is 28.9 Å². The Morgan fingerprint density at radius 2 is 1.89 bits per heavy atom. The lowest BCUT2D eigenvalue weighted by Gasteiger charge is -2.12. The minimum atomic E-state index is -0.384. The molecule has 37 heavy (non-hydrogen) atoms. The van der Waals surface area contributed by atoms with Crippen molar-refractivity contribution >= 4 is 44.0 Å². The maximum Gasteiger partial charge on any atom is 0.282 e. The first-order valence-corrected chi connectivity index (χ1v) is 11.8. The smallest absolute Gasteiger partial charge is 0.282 e. The van der Waals surface area contributed by atoms with Crippen molar-refractivity contribution in [1.29, 1.82) is 5.26 Å². The van der Waals surface area contributed by atoms with Crippen molar-refractivity contribution in [3.8, 4) is 34.9 Å². The molecule has 0 saturated carbocycles. The summed E-state index contributed by atoms with van der Waals surface area (Å²) >= 11 is 3.44. The van der Waals surface area contributed by atoms with E-state index in [-0.39, 0.29) is 18.0 Å². The second kappa shape index (κ2) is 10.2. The van der Waals surface area contributed by atoms with E-state index in [1.54, 1.807) is 55.6 Å². The van der Waals surface area contributed by atoms with Crippen molar-refractivity contribution in [2.75, 3.05) is 20.8 Å². The van der Waals surface area contributed by atoms with E-state index < -0.39 is 0 Å². The zero-order valence-electron chi connectivity index (χ0n) is 19.8. The lowest BCUT2D eigenvalue weighted by Crippen LogP contribution is -2.20. The molecular weight excluding hydrogens is 540 g/mol. The lowest BCUT2D eigenvalue weighted by molar-refractivity contribution is 0.329. The highest BCUT2D eigenvalue weighted by atomic mass is 79.9. The van der Waals surface area contributed by atoms with Crippen molar-refractivity contribution in [2.24, 2.45) is 5.10 Å². The Bertz CT molecular complexity index is 1770. The first kappa shape index (κ1) is 24.1. The summed E-state index contributed by atoms with van der Waals surface area (Å²) in [5, 5.41) is 14.6. The van der Waals surface area contributed by atoms with Crippen LogP contribution in [0.2, 0.25) is 0 Å². The van der Waals surface area contributed by atoms with Gasteiger partial charge in [-0.05, 0) is 42.5 Å². The van der Waals surface area contributed by atoms with E-state index in [1.165, 1.54) is 18.0 Å². The standard InChI is InChI=1S/C27H19BrN4O5/c1-34-21-8-5-9-22-19(21)14-24(37-22)26-31-20-7-4-3-6-18(20)27(33)32(26)30-15-16-12-17(28)13-23(35-2)25(16)36-11-10-29/h3-9,12-15H,11H2,1-2H3. The summed E-state index contributed by atoms with van der Waals surface area (Å²) in [4.78, 5) is 18.3. The first-order chi connectivity index (χ1) is 18.0. The SMILES string of the molecule is COc1cc(Br)cc(C=Nn2c(-c3cc4c(OC)cccc4o3)nc3ccccc3c2=O)c1OCC#N. The maximum absolute atomic E-state index is 13.6. The minimum Gasteiger partial charge on any atom is -0.496 e. The molecule has 0 saturated heterocycles. The zero-order chi connectivity index (χ0) is 25.9. The van der Waals surface area contributed by atoms with Gasteiger partial charge in [0.1, 0.15) is 17.4 Å². The van der Waals surface area contributed by atoms with Crippen molar-refractivity contribution in [1.82, 2.24) is 9.66 Å². The van der Waals surface area contributed by atoms with Crippen LogP contribution in [0.5, 0.6) is 17.2 Å². The van der Waals surface area contributed by atoms with Crippen LogP contribution >= 0.6 is 15.9 Å². The molecule has 0 unspecified atom stereocenters. The number of nitrogens with zero attached hydrogens (tertiary/aromatic N) is 4. The largest absolute Gasteiger partial charge is 0.496 e. The number of furan rings is 1. The molecule has 0 radical (unpaired) electrons. The highest BCUT2D eigenvalue weighted by Crippen LogP contribution is 2.35. The quantitative estimate of drug-likeness (QED) is 0.246. The average molecular weight is 559 g/mol. The number of fused-ring (bicyclic) bond motifs is 2. The molecule has 3 aromatic carbocycles. The van der Waals surface area contributed by atoms with Gasteiger partial charge in [-0.3, -0.25) is 4.79 Å². The number of para-hydroxylation sites is 1. The van der Waals surface area contributed by atoms with Gasteiger partial charge in [0.25, 0.3) is 5.56 Å². The van der Waals surface area contributed by atoms with E-state index in [0.29, 0.717) is 49.5 Å². The second-order valence-electron chi connectivity index (χ2n) is 7.77. The second-order valence-corrected chi connectivity index (χ2v) is 8.69. The minimum absolute atomic E-state index is 0.192. The van der Waals surface area contributed by atoms with Gasteiger partial charge in [0.15, 0.2) is 23.9 Å². The van der Waals surface area contributed by atoms with Gasteiger partial charge >= 0.3 is 0 Å². The predicted molar refractivity (Wildman–Crippen MR) is 143 cm³/mol. The van der Waals surface area contributed by atoms with Crippen LogP contribution in [0.4, 0.5) is 0 Å². The Labute approximate surface area is 219 Å². The normalized spacial score (nSPS) is 11.2. The fraction of sp³-hybridized carbons (Fsp3) is 0.111. The summed E-state index contributed by atoms with van der Waals surface area (Å²) in [5.74, 6) is 1.89. The summed E-state index contributed by atoms with van der Waals surface area (Å²) < 4.78 is 24.4. The first-order valence-electron chi connectivity index (χ1n) is 11.0. The number of halogens is 1. The highest BCUT2D eigenvalue weighted by Gasteiger charge is 2.18. The number of nitriles is 1. The van der Waals surface area contributed by atoms with Crippen molar-refractivity contribution < 1.29 is 18.6 Å². The Morgan fingerprint density at radius 3 is 2.68 bits per heavy atom. The van der Waals surface area contributed by atoms with Crippen molar-refractivity contribution in [2.45, 2.75) is 0 Å². The molecule has 0 fully saturated rings. The third-order valence-corrected chi connectivity index (χ3v) is 6.04. The van der Waals surface area contributed by atoms with Crippen LogP contribution in [-0.2, 0) is 0 Å². The summed E-state index contributed by atoms with van der Waals surface area (Å²) in [6.07, 6.45) is 1.45. The molecule has 0 aliphatic rings. The molecule has 0 bridgehead atoms. The Morgan fingerprint density at radius 1 is 1.08 bits per heavy atom. The van der Waals surface area contributed by atoms with E-state index in [9.17, 15) is 4.79 Å². The van der Waals surface area contributed by atoms with Crippen molar-refractivity contribution in [3.63, 3.8) is 0 Å². The van der Waals surface area contributed by atoms with Crippen LogP contribution in [0.1, 0.15) is 5.56 Å². The number of benzene rings is 3. The number of hydrogen-bond acceptors (Lipinski definition) is 8. The number of hydrogen-bond donors (Lipinski definition) is 0. The summed E-state index contributed by atoms with van der Waals surface area (Å²) in [5.41, 5.74) is 1.18. The molecule has 184 valence electrons. The fourth-order valence-electron chi connectivity index (χ4n) is 3.93. The molecule has 0 amide bonds. The average Bonchev–Trinajstić information content (AvgIpc) is 3.36. The number of ether oxygens (including phenoxy) is 3. The van der Waals surface area contributed by atoms with E-state index >= 15 is 0 Å². The van der Waals surface area contributed by atoms with Gasteiger partial charge in [-0.25, -0.2) is 4.98 Å². The predicted octanol–water partition coefficient (Wildman–Crippen LogP) is 5.37. The molecule has 5 aromatic rings. The van der Waals surface area contributed by atoms with Gasteiger partial charge in [0.05, 0.1) is 36.7 Å². The Kier molecular flexibility index (Phi) is 6.62. The number of aromatic nitrogens is 2. The molecule has 5 rings (SSSR count). The Balaban J connectivity index is 1.73. The van der Waals surface area contributed by atoms with Crippen LogP contribution in [0, 0.1) is 11.3 Å². The lowest BCUT2D eigenvalue weighted by atomic mass is 10.2. The van der Waals surface area contributed by atoms with Crippen molar-refractivity contribution in [3.05, 3.63) is 81.1 Å². The third-order valence-electron chi connectivity index (χ3n) is 5.58. The zero-order valence-corrected chi connectivity index (χ0v) is 21.4. The topological polar surface area (TPSA) is 112 Å². The highest BCUT2D eigenvalue weighted by molar-refractivity contribution is 9.10. The molecule has 0 atom stereocenters. The molecule has 0 aliphatic carbocycles. The number of rotatable bonds is 7. The Hall–Kier alpha value is -4.62. The van der Waals surface area contributed by atoms with Crippen LogP contribution in [0.25, 0.3) is 33.5 Å². The molecular formula is C27H19BrN4O5. The molecule has 0 N–H and O–H groups in total. The van der Waals surface area contributed by atoms with Gasteiger partial charge in [-0.1, -0.05) is 34.1 Å². The van der Waals surface area contributed by atoms with E-state index in [2.05, 4.69) is 21.0 Å². The van der Waals surface area contributed by atoms with Crippen LogP contribution < -0.4 is 19.8 Å². The fourth-order valence-corrected chi connectivity index (χ4v) is 4.38. The van der Waals surface area contributed by atoms with E-state index in [0.717, 1.165) is 5.39 Å². The molecule has 2 aromatic heterocycles. The van der Waals surface area contributed by atoms with Gasteiger partial charge in [0, 0.05) is 10.0 Å². The van der Waals surface area contributed by atoms with Gasteiger partial charge in [-0.2, -0.15) is 15.0 Å². The van der Waals surface area contributed by atoms with Gasteiger partial charge in [0.2, 0.25) is 5.82 Å². The monoisotopic (exact) mass is 558 g/mol. The molecule has 9 nitrogen and oxygen atoms in total. The van der Waals surface area contributed by atoms with Crippen LogP contribution in [0.3, 0.4) is 0 Å². The van der Waals surface area contributed by atoms with Crippen LogP contribution in [0.15, 0.2) is 79.4 Å². The molecule has 0 spiro atoms. The molecule has 0 aliphatic heterocycles. The van der Waals surface area contributed by atoms with Crippen LogP contribution in [-0.4, -0.2) is 36.7 Å².